The van der Waals surface area contributed by atoms with E-state index in [-0.39, 0.29) is 6.04 Å². The lowest BCUT2D eigenvalue weighted by atomic mass is 10.00. The Labute approximate surface area is 127 Å². The monoisotopic (exact) mass is 305 g/mol. The van der Waals surface area contributed by atoms with E-state index in [9.17, 15) is 0 Å². The Bertz CT molecular complexity index is 779. The lowest BCUT2D eigenvalue weighted by molar-refractivity contribution is 0.524. The first-order valence-electron chi connectivity index (χ1n) is 6.26. The summed E-state index contributed by atoms with van der Waals surface area (Å²) in [5.74, 6) is 0.702. The Hall–Kier alpha value is -1.48. The maximum atomic E-state index is 6.30. The fourth-order valence-corrected chi connectivity index (χ4v) is 2.66. The second-order valence-electron chi connectivity index (χ2n) is 4.76. The standard InChI is InChI=1S/C16H13Cl2NO/c1-9-12(3-2-4-13(9)18)16(19)15-8-10-7-11(17)5-6-14(10)20-15/h2-8,16H,19H2,1H3. The van der Waals surface area contributed by atoms with Crippen molar-refractivity contribution in [3.8, 4) is 0 Å². The highest BCUT2D eigenvalue weighted by molar-refractivity contribution is 6.31. The topological polar surface area (TPSA) is 39.2 Å². The summed E-state index contributed by atoms with van der Waals surface area (Å²) in [5.41, 5.74) is 9.01. The van der Waals surface area contributed by atoms with Crippen LogP contribution >= 0.6 is 23.2 Å². The molecule has 0 saturated carbocycles. The normalized spacial score (nSPS) is 12.8. The largest absolute Gasteiger partial charge is 0.459 e. The highest BCUT2D eigenvalue weighted by Gasteiger charge is 2.17. The van der Waals surface area contributed by atoms with E-state index >= 15 is 0 Å². The zero-order chi connectivity index (χ0) is 14.3. The quantitative estimate of drug-likeness (QED) is 0.715. The van der Waals surface area contributed by atoms with Gasteiger partial charge in [0, 0.05) is 15.4 Å². The van der Waals surface area contributed by atoms with Crippen LogP contribution in [0.15, 0.2) is 46.9 Å². The van der Waals surface area contributed by atoms with E-state index in [2.05, 4.69) is 0 Å². The lowest BCUT2D eigenvalue weighted by Crippen LogP contribution is -2.12. The zero-order valence-electron chi connectivity index (χ0n) is 10.9. The van der Waals surface area contributed by atoms with Crippen LogP contribution in [0.4, 0.5) is 0 Å². The third kappa shape index (κ3) is 2.31. The van der Waals surface area contributed by atoms with Gasteiger partial charge in [-0.3, -0.25) is 0 Å². The first-order chi connectivity index (χ1) is 9.56. The van der Waals surface area contributed by atoms with Gasteiger partial charge in [0.2, 0.25) is 0 Å². The molecule has 0 aliphatic heterocycles. The first kappa shape index (κ1) is 13.5. The van der Waals surface area contributed by atoms with Gasteiger partial charge in [-0.25, -0.2) is 0 Å². The van der Waals surface area contributed by atoms with Gasteiger partial charge in [0.05, 0.1) is 6.04 Å². The van der Waals surface area contributed by atoms with Crippen LogP contribution in [-0.4, -0.2) is 0 Å². The summed E-state index contributed by atoms with van der Waals surface area (Å²) in [6.07, 6.45) is 0. The molecule has 3 rings (SSSR count). The van der Waals surface area contributed by atoms with Crippen LogP contribution in [-0.2, 0) is 0 Å². The summed E-state index contributed by atoms with van der Waals surface area (Å²) >= 11 is 12.1. The third-order valence-electron chi connectivity index (χ3n) is 3.45. The van der Waals surface area contributed by atoms with E-state index in [4.69, 9.17) is 33.4 Å². The van der Waals surface area contributed by atoms with Crippen LogP contribution < -0.4 is 5.73 Å². The number of benzene rings is 2. The van der Waals surface area contributed by atoms with Crippen LogP contribution in [0.3, 0.4) is 0 Å². The van der Waals surface area contributed by atoms with E-state index < -0.39 is 0 Å². The molecule has 2 aromatic carbocycles. The number of halogens is 2. The van der Waals surface area contributed by atoms with Crippen molar-refractivity contribution in [2.24, 2.45) is 5.73 Å². The summed E-state index contributed by atoms with van der Waals surface area (Å²) in [4.78, 5) is 0. The van der Waals surface area contributed by atoms with Gasteiger partial charge in [0.15, 0.2) is 0 Å². The predicted molar refractivity (Wildman–Crippen MR) is 83.4 cm³/mol. The fraction of sp³-hybridized carbons (Fsp3) is 0.125. The molecule has 2 N–H and O–H groups in total. The zero-order valence-corrected chi connectivity index (χ0v) is 12.4. The van der Waals surface area contributed by atoms with Gasteiger partial charge in [-0.15, -0.1) is 0 Å². The summed E-state index contributed by atoms with van der Waals surface area (Å²) in [5, 5.41) is 2.33. The highest BCUT2D eigenvalue weighted by Crippen LogP contribution is 2.31. The van der Waals surface area contributed by atoms with Crippen molar-refractivity contribution in [2.45, 2.75) is 13.0 Å². The third-order valence-corrected chi connectivity index (χ3v) is 4.09. The minimum Gasteiger partial charge on any atom is -0.459 e. The van der Waals surface area contributed by atoms with Gasteiger partial charge in [-0.1, -0.05) is 35.3 Å². The molecule has 0 saturated heterocycles. The van der Waals surface area contributed by atoms with Crippen molar-refractivity contribution in [1.82, 2.24) is 0 Å². The number of hydrogen-bond acceptors (Lipinski definition) is 2. The van der Waals surface area contributed by atoms with Gasteiger partial charge in [0.25, 0.3) is 0 Å². The van der Waals surface area contributed by atoms with Crippen molar-refractivity contribution >= 4 is 34.2 Å². The molecule has 3 aromatic rings. The van der Waals surface area contributed by atoms with Crippen LogP contribution in [0.25, 0.3) is 11.0 Å². The summed E-state index contributed by atoms with van der Waals surface area (Å²) < 4.78 is 5.81. The molecule has 1 atom stereocenters. The van der Waals surface area contributed by atoms with Crippen molar-refractivity contribution in [1.29, 1.82) is 0 Å². The van der Waals surface area contributed by atoms with Gasteiger partial charge in [-0.05, 0) is 48.4 Å². The molecule has 0 spiro atoms. The maximum absolute atomic E-state index is 6.30. The number of fused-ring (bicyclic) bond motifs is 1. The van der Waals surface area contributed by atoms with Crippen molar-refractivity contribution in [3.63, 3.8) is 0 Å². The Morgan fingerprint density at radius 3 is 2.70 bits per heavy atom. The SMILES string of the molecule is Cc1c(Cl)cccc1C(N)c1cc2cc(Cl)ccc2o1. The molecular weight excluding hydrogens is 293 g/mol. The lowest BCUT2D eigenvalue weighted by Gasteiger charge is -2.13. The molecular formula is C16H13Cl2NO. The van der Waals surface area contributed by atoms with Gasteiger partial charge < -0.3 is 10.2 Å². The van der Waals surface area contributed by atoms with E-state index in [1.165, 1.54) is 0 Å². The number of hydrogen-bond donors (Lipinski definition) is 1. The van der Waals surface area contributed by atoms with Crippen molar-refractivity contribution in [2.75, 3.05) is 0 Å². The maximum Gasteiger partial charge on any atom is 0.134 e. The van der Waals surface area contributed by atoms with E-state index in [0.717, 1.165) is 22.1 Å². The Kier molecular flexibility index (Phi) is 3.47. The number of furan rings is 1. The average Bonchev–Trinajstić information content (AvgIpc) is 2.84. The Morgan fingerprint density at radius 2 is 1.90 bits per heavy atom. The van der Waals surface area contributed by atoms with Gasteiger partial charge in [-0.2, -0.15) is 0 Å². The van der Waals surface area contributed by atoms with Crippen LogP contribution in [0.2, 0.25) is 10.0 Å². The molecule has 2 nitrogen and oxygen atoms in total. The minimum absolute atomic E-state index is 0.347. The fourth-order valence-electron chi connectivity index (χ4n) is 2.30. The molecule has 0 fully saturated rings. The number of nitrogens with two attached hydrogens (primary N) is 1. The summed E-state index contributed by atoms with van der Waals surface area (Å²) in [6, 6.07) is 12.8. The van der Waals surface area contributed by atoms with Crippen molar-refractivity contribution in [3.05, 3.63) is 69.4 Å². The van der Waals surface area contributed by atoms with E-state index in [0.29, 0.717) is 15.8 Å². The molecule has 0 aliphatic rings. The first-order valence-corrected chi connectivity index (χ1v) is 7.01. The molecule has 0 radical (unpaired) electrons. The highest BCUT2D eigenvalue weighted by atomic mass is 35.5. The Morgan fingerprint density at radius 1 is 1.10 bits per heavy atom. The Balaban J connectivity index is 2.08. The summed E-state index contributed by atoms with van der Waals surface area (Å²) in [7, 11) is 0. The number of rotatable bonds is 2. The predicted octanol–water partition coefficient (Wildman–Crippen LogP) is 5.10. The minimum atomic E-state index is -0.347. The molecule has 1 heterocycles. The second kappa shape index (κ2) is 5.13. The molecule has 102 valence electrons. The van der Waals surface area contributed by atoms with Gasteiger partial charge in [0.1, 0.15) is 11.3 Å². The second-order valence-corrected chi connectivity index (χ2v) is 5.61. The molecule has 20 heavy (non-hydrogen) atoms. The van der Waals surface area contributed by atoms with Crippen LogP contribution in [0.5, 0.6) is 0 Å². The van der Waals surface area contributed by atoms with Crippen LogP contribution in [0.1, 0.15) is 22.9 Å². The molecule has 1 unspecified atom stereocenters. The van der Waals surface area contributed by atoms with E-state index in [1.54, 1.807) is 6.07 Å². The molecule has 0 bridgehead atoms. The smallest absolute Gasteiger partial charge is 0.134 e. The molecule has 1 aromatic heterocycles. The molecule has 4 heteroatoms. The van der Waals surface area contributed by atoms with Crippen LogP contribution in [0, 0.1) is 6.92 Å². The average molecular weight is 306 g/mol. The van der Waals surface area contributed by atoms with Gasteiger partial charge >= 0.3 is 0 Å². The van der Waals surface area contributed by atoms with E-state index in [1.807, 2.05) is 43.3 Å². The van der Waals surface area contributed by atoms with Crippen molar-refractivity contribution < 1.29 is 4.42 Å². The molecule has 0 amide bonds. The molecule has 0 aliphatic carbocycles. The summed E-state index contributed by atoms with van der Waals surface area (Å²) in [6.45, 7) is 1.96.